The highest BCUT2D eigenvalue weighted by molar-refractivity contribution is 6.35. The lowest BCUT2D eigenvalue weighted by Gasteiger charge is -2.15. The molecule has 1 atom stereocenters. The number of carboxylic acid groups (broad SMARTS) is 1. The van der Waals surface area contributed by atoms with Crippen molar-refractivity contribution in [1.29, 1.82) is 0 Å². The van der Waals surface area contributed by atoms with Crippen molar-refractivity contribution in [2.45, 2.75) is 25.9 Å². The molecule has 2 heterocycles. The number of rotatable bonds is 4. The standard InChI is InChI=1S/C19H15Cl2FN2O3/c1-9(2)10-4-14(21)17(23-8-10)12-5-11(13(20)6-15(12)22)16-7-19(3,18(25)26)27-24-16/h4-6,8H,1,7H2,2-3H3,(H,25,26). The van der Waals surface area contributed by atoms with E-state index in [1.165, 1.54) is 13.0 Å². The van der Waals surface area contributed by atoms with E-state index in [1.807, 2.05) is 6.92 Å². The number of hydrogen-bond donors (Lipinski definition) is 1. The molecule has 0 aliphatic carbocycles. The van der Waals surface area contributed by atoms with Crippen molar-refractivity contribution >= 4 is 40.5 Å². The largest absolute Gasteiger partial charge is 0.478 e. The number of carboxylic acids is 1. The monoisotopic (exact) mass is 408 g/mol. The van der Waals surface area contributed by atoms with Crippen LogP contribution < -0.4 is 0 Å². The van der Waals surface area contributed by atoms with Gasteiger partial charge in [-0.3, -0.25) is 4.98 Å². The highest BCUT2D eigenvalue weighted by Crippen LogP contribution is 2.36. The quantitative estimate of drug-likeness (QED) is 0.754. The van der Waals surface area contributed by atoms with E-state index < -0.39 is 17.4 Å². The molecule has 1 N–H and O–H groups in total. The van der Waals surface area contributed by atoms with Crippen LogP contribution in [0.3, 0.4) is 0 Å². The number of hydrogen-bond acceptors (Lipinski definition) is 4. The fourth-order valence-corrected chi connectivity index (χ4v) is 3.15. The van der Waals surface area contributed by atoms with Crippen molar-refractivity contribution in [3.8, 4) is 11.3 Å². The first kappa shape index (κ1) is 19.3. The smallest absolute Gasteiger partial charge is 0.351 e. The Morgan fingerprint density at radius 1 is 1.30 bits per heavy atom. The summed E-state index contributed by atoms with van der Waals surface area (Å²) >= 11 is 12.4. The average molecular weight is 409 g/mol. The number of aromatic nitrogens is 1. The summed E-state index contributed by atoms with van der Waals surface area (Å²) in [7, 11) is 0. The number of carbonyl (C=O) groups is 1. The van der Waals surface area contributed by atoms with Gasteiger partial charge in [-0.1, -0.05) is 34.9 Å². The number of halogens is 3. The zero-order valence-corrected chi connectivity index (χ0v) is 16.0. The molecule has 0 bridgehead atoms. The number of aliphatic carboxylic acids is 1. The van der Waals surface area contributed by atoms with Gasteiger partial charge in [0.25, 0.3) is 0 Å². The van der Waals surface area contributed by atoms with Crippen molar-refractivity contribution < 1.29 is 19.1 Å². The van der Waals surface area contributed by atoms with Crippen LogP contribution in [-0.4, -0.2) is 27.4 Å². The Morgan fingerprint density at radius 2 is 2.00 bits per heavy atom. The highest BCUT2D eigenvalue weighted by Gasteiger charge is 2.43. The van der Waals surface area contributed by atoms with E-state index >= 15 is 0 Å². The lowest BCUT2D eigenvalue weighted by atomic mass is 9.94. The minimum absolute atomic E-state index is 0.0110. The molecule has 1 unspecified atom stereocenters. The van der Waals surface area contributed by atoms with Crippen LogP contribution in [-0.2, 0) is 9.63 Å². The molecular formula is C19H15Cl2FN2O3. The third kappa shape index (κ3) is 3.55. The fraction of sp³-hybridized carbons (Fsp3) is 0.211. The van der Waals surface area contributed by atoms with Gasteiger partial charge < -0.3 is 9.94 Å². The Bertz CT molecular complexity index is 1010. The van der Waals surface area contributed by atoms with E-state index in [0.717, 1.165) is 17.2 Å². The van der Waals surface area contributed by atoms with Crippen LogP contribution in [0.2, 0.25) is 10.0 Å². The van der Waals surface area contributed by atoms with Crippen LogP contribution in [0.15, 0.2) is 36.1 Å². The molecule has 0 radical (unpaired) electrons. The van der Waals surface area contributed by atoms with Crippen LogP contribution in [0.4, 0.5) is 4.39 Å². The van der Waals surface area contributed by atoms with Crippen LogP contribution in [0.5, 0.6) is 0 Å². The maximum atomic E-state index is 14.6. The van der Waals surface area contributed by atoms with Gasteiger partial charge in [-0.05, 0) is 43.2 Å². The minimum Gasteiger partial charge on any atom is -0.478 e. The third-order valence-electron chi connectivity index (χ3n) is 4.27. The predicted octanol–water partition coefficient (Wildman–Crippen LogP) is 5.20. The number of oxime groups is 1. The summed E-state index contributed by atoms with van der Waals surface area (Å²) in [6.45, 7) is 7.04. The first-order valence-electron chi connectivity index (χ1n) is 7.92. The maximum Gasteiger partial charge on any atom is 0.351 e. The normalized spacial score (nSPS) is 18.8. The summed E-state index contributed by atoms with van der Waals surface area (Å²) in [5.74, 6) is -1.76. The summed E-state index contributed by atoms with van der Waals surface area (Å²) < 4.78 is 14.6. The second-order valence-corrected chi connectivity index (χ2v) is 7.30. The molecule has 1 aliphatic rings. The molecule has 0 amide bonds. The first-order valence-corrected chi connectivity index (χ1v) is 8.67. The number of benzene rings is 1. The Hall–Kier alpha value is -2.44. The zero-order chi connectivity index (χ0) is 19.9. The van der Waals surface area contributed by atoms with Crippen LogP contribution >= 0.6 is 23.2 Å². The Morgan fingerprint density at radius 3 is 2.56 bits per heavy atom. The molecule has 0 saturated carbocycles. The van der Waals surface area contributed by atoms with Crippen molar-refractivity contribution in [2.24, 2.45) is 5.16 Å². The van der Waals surface area contributed by atoms with Gasteiger partial charge in [0, 0.05) is 23.7 Å². The van der Waals surface area contributed by atoms with Gasteiger partial charge in [0.2, 0.25) is 5.60 Å². The van der Waals surface area contributed by atoms with Gasteiger partial charge in [0.1, 0.15) is 5.82 Å². The minimum atomic E-state index is -1.49. The number of allylic oxidation sites excluding steroid dienone is 1. The molecule has 0 fully saturated rings. The molecule has 1 aromatic heterocycles. The van der Waals surface area contributed by atoms with E-state index in [0.29, 0.717) is 11.3 Å². The van der Waals surface area contributed by atoms with Gasteiger partial charge >= 0.3 is 5.97 Å². The molecule has 8 heteroatoms. The van der Waals surface area contributed by atoms with E-state index in [2.05, 4.69) is 16.7 Å². The molecule has 1 aliphatic heterocycles. The maximum absolute atomic E-state index is 14.6. The van der Waals surface area contributed by atoms with Gasteiger partial charge in [0.05, 0.1) is 21.5 Å². The Balaban J connectivity index is 2.06. The van der Waals surface area contributed by atoms with Gasteiger partial charge in [-0.2, -0.15) is 0 Å². The summed E-state index contributed by atoms with van der Waals surface area (Å²) in [6, 6.07) is 4.22. The van der Waals surface area contributed by atoms with Crippen molar-refractivity contribution in [3.63, 3.8) is 0 Å². The summed E-state index contributed by atoms with van der Waals surface area (Å²) in [4.78, 5) is 20.6. The fourth-order valence-electron chi connectivity index (χ4n) is 2.62. The summed E-state index contributed by atoms with van der Waals surface area (Å²) in [5.41, 5.74) is 1.05. The van der Waals surface area contributed by atoms with E-state index in [9.17, 15) is 14.3 Å². The molecule has 1 aromatic carbocycles. The SMILES string of the molecule is C=C(C)c1cnc(-c2cc(C3=NOC(C)(C(=O)O)C3)c(Cl)cc2F)c(Cl)c1. The molecule has 0 spiro atoms. The molecule has 5 nitrogen and oxygen atoms in total. The van der Waals surface area contributed by atoms with Crippen LogP contribution in [0, 0.1) is 5.82 Å². The third-order valence-corrected chi connectivity index (χ3v) is 4.87. The summed E-state index contributed by atoms with van der Waals surface area (Å²) in [6.07, 6.45) is 1.54. The number of nitrogens with zero attached hydrogens (tertiary/aromatic N) is 2. The van der Waals surface area contributed by atoms with Gasteiger partial charge in [-0.25, -0.2) is 9.18 Å². The molecule has 140 valence electrons. The Labute approximate surface area is 165 Å². The van der Waals surface area contributed by atoms with Crippen LogP contribution in [0.1, 0.15) is 31.4 Å². The number of pyridine rings is 1. The van der Waals surface area contributed by atoms with Crippen molar-refractivity contribution in [2.75, 3.05) is 0 Å². The summed E-state index contributed by atoms with van der Waals surface area (Å²) in [5, 5.41) is 13.4. The van der Waals surface area contributed by atoms with Crippen molar-refractivity contribution in [1.82, 2.24) is 4.98 Å². The second-order valence-electron chi connectivity index (χ2n) is 6.49. The second kappa shape index (κ2) is 6.94. The highest BCUT2D eigenvalue weighted by atomic mass is 35.5. The topological polar surface area (TPSA) is 71.8 Å². The van der Waals surface area contributed by atoms with Gasteiger partial charge in [-0.15, -0.1) is 0 Å². The van der Waals surface area contributed by atoms with E-state index in [-0.39, 0.29) is 27.7 Å². The average Bonchev–Trinajstić information content (AvgIpc) is 2.99. The lowest BCUT2D eigenvalue weighted by molar-refractivity contribution is -0.160. The van der Waals surface area contributed by atoms with E-state index in [4.69, 9.17) is 28.0 Å². The van der Waals surface area contributed by atoms with Crippen molar-refractivity contribution in [3.05, 3.63) is 58.0 Å². The molecule has 3 rings (SSSR count). The lowest BCUT2D eigenvalue weighted by Crippen LogP contribution is -2.35. The molecule has 2 aromatic rings. The molecule has 27 heavy (non-hydrogen) atoms. The van der Waals surface area contributed by atoms with E-state index in [1.54, 1.807) is 12.3 Å². The Kier molecular flexibility index (Phi) is 4.97. The zero-order valence-electron chi connectivity index (χ0n) is 14.5. The predicted molar refractivity (Wildman–Crippen MR) is 103 cm³/mol. The first-order chi connectivity index (χ1) is 12.6. The molecular weight excluding hydrogens is 394 g/mol. The van der Waals surface area contributed by atoms with Crippen LogP contribution in [0.25, 0.3) is 16.8 Å². The van der Waals surface area contributed by atoms with Gasteiger partial charge in [0.15, 0.2) is 0 Å². The molecule has 0 saturated heterocycles.